The van der Waals surface area contributed by atoms with Gasteiger partial charge < -0.3 is 20.1 Å². The second-order valence-corrected chi connectivity index (χ2v) is 6.94. The van der Waals surface area contributed by atoms with Crippen molar-refractivity contribution in [1.29, 1.82) is 0 Å². The molecule has 1 aliphatic rings. The molecule has 0 saturated carbocycles. The van der Waals surface area contributed by atoms with Gasteiger partial charge in [0.2, 0.25) is 0 Å². The number of amides is 2. The Bertz CT molecular complexity index is 955. The van der Waals surface area contributed by atoms with E-state index in [-0.39, 0.29) is 18.2 Å². The summed E-state index contributed by atoms with van der Waals surface area (Å²) in [6, 6.07) is 9.32. The summed E-state index contributed by atoms with van der Waals surface area (Å²) in [4.78, 5) is 30.6. The first-order valence-electron chi connectivity index (χ1n) is 8.76. The molecule has 1 atom stereocenters. The minimum Gasteiger partial charge on any atom is -0.489 e. The van der Waals surface area contributed by atoms with Gasteiger partial charge in [0.1, 0.15) is 29.7 Å². The smallest absolute Gasteiger partial charge is 0.270 e. The van der Waals surface area contributed by atoms with Crippen LogP contribution in [0.4, 0.5) is 5.69 Å². The Morgan fingerprint density at radius 3 is 2.82 bits per heavy atom. The highest BCUT2D eigenvalue weighted by atomic mass is 16.5. The summed E-state index contributed by atoms with van der Waals surface area (Å²) in [6.45, 7) is 3.19. The number of pyridine rings is 1. The number of aromatic nitrogens is 1. The molecule has 28 heavy (non-hydrogen) atoms. The number of nitrogens with one attached hydrogen (secondary N) is 1. The number of rotatable bonds is 2. The van der Waals surface area contributed by atoms with Crippen molar-refractivity contribution in [1.82, 2.24) is 10.3 Å². The van der Waals surface area contributed by atoms with Crippen molar-refractivity contribution in [3.63, 3.8) is 0 Å². The summed E-state index contributed by atoms with van der Waals surface area (Å²) in [5.41, 5.74) is 0.289. The Morgan fingerprint density at radius 1 is 1.36 bits per heavy atom. The number of hydrogen-bond acceptors (Lipinski definition) is 5. The van der Waals surface area contributed by atoms with E-state index in [4.69, 9.17) is 4.74 Å². The third-order valence-electron chi connectivity index (χ3n) is 4.07. The Balaban J connectivity index is 1.81. The minimum absolute atomic E-state index is 0.00342. The summed E-state index contributed by atoms with van der Waals surface area (Å²) in [5, 5.41) is 12.4. The number of carbonyl (C=O) groups excluding carboxylic acids is 2. The van der Waals surface area contributed by atoms with Crippen LogP contribution in [0.25, 0.3) is 0 Å². The fourth-order valence-electron chi connectivity index (χ4n) is 2.63. The Morgan fingerprint density at radius 2 is 2.14 bits per heavy atom. The van der Waals surface area contributed by atoms with E-state index in [1.54, 1.807) is 57.3 Å². The molecule has 1 unspecified atom stereocenters. The minimum atomic E-state index is -1.12. The Labute approximate surface area is 163 Å². The van der Waals surface area contributed by atoms with Crippen LogP contribution in [0.1, 0.15) is 29.9 Å². The molecule has 7 nitrogen and oxygen atoms in total. The molecular weight excluding hydrogens is 358 g/mol. The van der Waals surface area contributed by atoms with Crippen molar-refractivity contribution in [2.75, 3.05) is 18.6 Å². The second kappa shape index (κ2) is 7.71. The fraction of sp³-hybridized carbons (Fsp3) is 0.286. The predicted molar refractivity (Wildman–Crippen MR) is 104 cm³/mol. The standard InChI is InChI=1S/C21H21N3O4/c1-21(2,27)10-9-14-7-8-18-17(12-14)24(3)20(26)16(13-28-18)23-19(25)15-6-4-5-11-22-15/h4-8,11-12,16,27H,13H2,1-3H3,(H,23,25). The lowest BCUT2D eigenvalue weighted by Crippen LogP contribution is -2.49. The van der Waals surface area contributed by atoms with Gasteiger partial charge in [-0.3, -0.25) is 14.6 Å². The van der Waals surface area contributed by atoms with Crippen LogP contribution in [0, 0.1) is 11.8 Å². The summed E-state index contributed by atoms with van der Waals surface area (Å²) >= 11 is 0. The lowest BCUT2D eigenvalue weighted by molar-refractivity contribution is -0.120. The van der Waals surface area contributed by atoms with Crippen LogP contribution in [-0.4, -0.2) is 47.2 Å². The van der Waals surface area contributed by atoms with Gasteiger partial charge in [0.15, 0.2) is 0 Å². The normalized spacial score (nSPS) is 16.2. The average Bonchev–Trinajstić information content (AvgIpc) is 2.78. The van der Waals surface area contributed by atoms with Crippen LogP contribution < -0.4 is 15.0 Å². The first-order chi connectivity index (χ1) is 13.2. The molecule has 2 heterocycles. The van der Waals surface area contributed by atoms with Crippen molar-refractivity contribution in [2.24, 2.45) is 0 Å². The number of anilines is 1. The van der Waals surface area contributed by atoms with Gasteiger partial charge in [-0.15, -0.1) is 0 Å². The number of hydrogen-bond donors (Lipinski definition) is 2. The molecule has 0 spiro atoms. The van der Waals surface area contributed by atoms with Crippen LogP contribution in [-0.2, 0) is 4.79 Å². The van der Waals surface area contributed by atoms with Gasteiger partial charge >= 0.3 is 0 Å². The maximum Gasteiger partial charge on any atom is 0.270 e. The van der Waals surface area contributed by atoms with Crippen molar-refractivity contribution in [3.05, 3.63) is 53.9 Å². The average molecular weight is 379 g/mol. The highest BCUT2D eigenvalue weighted by Gasteiger charge is 2.31. The number of fused-ring (bicyclic) bond motifs is 1. The quantitative estimate of drug-likeness (QED) is 0.769. The molecule has 144 valence electrons. The zero-order chi connectivity index (χ0) is 20.3. The molecule has 0 radical (unpaired) electrons. The number of aliphatic hydroxyl groups is 1. The highest BCUT2D eigenvalue weighted by Crippen LogP contribution is 2.31. The molecule has 2 aromatic rings. The maximum absolute atomic E-state index is 12.8. The third kappa shape index (κ3) is 4.48. The van der Waals surface area contributed by atoms with Gasteiger partial charge in [-0.1, -0.05) is 17.9 Å². The topological polar surface area (TPSA) is 91.8 Å². The van der Waals surface area contributed by atoms with Gasteiger partial charge in [-0.05, 0) is 44.2 Å². The van der Waals surface area contributed by atoms with Crippen LogP contribution in [0.2, 0.25) is 0 Å². The van der Waals surface area contributed by atoms with Crippen LogP contribution >= 0.6 is 0 Å². The summed E-state index contributed by atoms with van der Waals surface area (Å²) in [6.07, 6.45) is 1.51. The number of likely N-dealkylation sites (N-methyl/N-ethyl adjacent to an activating group) is 1. The van der Waals surface area contributed by atoms with Gasteiger partial charge in [-0.25, -0.2) is 0 Å². The Hall–Kier alpha value is -3.37. The van der Waals surface area contributed by atoms with Gasteiger partial charge in [0, 0.05) is 18.8 Å². The maximum atomic E-state index is 12.8. The number of carbonyl (C=O) groups is 2. The number of nitrogens with zero attached hydrogens (tertiary/aromatic N) is 2. The van der Waals surface area contributed by atoms with Crippen LogP contribution in [0.15, 0.2) is 42.6 Å². The number of ether oxygens (including phenoxy) is 1. The lowest BCUT2D eigenvalue weighted by Gasteiger charge is -2.20. The first kappa shape index (κ1) is 19.4. The molecule has 2 N–H and O–H groups in total. The molecule has 2 amide bonds. The molecular formula is C21H21N3O4. The van der Waals surface area contributed by atoms with E-state index in [1.807, 2.05) is 0 Å². The zero-order valence-corrected chi connectivity index (χ0v) is 15.9. The van der Waals surface area contributed by atoms with Crippen molar-refractivity contribution in [3.8, 4) is 17.6 Å². The molecule has 1 aromatic heterocycles. The third-order valence-corrected chi connectivity index (χ3v) is 4.07. The number of benzene rings is 1. The summed E-state index contributed by atoms with van der Waals surface area (Å²) < 4.78 is 5.74. The Kier molecular flexibility index (Phi) is 5.34. The van der Waals surface area contributed by atoms with E-state index >= 15 is 0 Å². The zero-order valence-electron chi connectivity index (χ0n) is 15.9. The van der Waals surface area contributed by atoms with Crippen molar-refractivity contribution in [2.45, 2.75) is 25.5 Å². The molecule has 0 bridgehead atoms. The van der Waals surface area contributed by atoms with Gasteiger partial charge in [0.25, 0.3) is 11.8 Å². The molecule has 0 saturated heterocycles. The monoisotopic (exact) mass is 379 g/mol. The molecule has 0 aliphatic carbocycles. The van der Waals surface area contributed by atoms with E-state index in [2.05, 4.69) is 22.1 Å². The summed E-state index contributed by atoms with van der Waals surface area (Å²) in [5.74, 6) is 5.38. The first-order valence-corrected chi connectivity index (χ1v) is 8.76. The summed E-state index contributed by atoms with van der Waals surface area (Å²) in [7, 11) is 1.61. The van der Waals surface area contributed by atoms with Crippen molar-refractivity contribution < 1.29 is 19.4 Å². The molecule has 1 aromatic carbocycles. The largest absolute Gasteiger partial charge is 0.489 e. The highest BCUT2D eigenvalue weighted by molar-refractivity contribution is 6.02. The molecule has 1 aliphatic heterocycles. The van der Waals surface area contributed by atoms with E-state index in [0.717, 1.165) is 0 Å². The van der Waals surface area contributed by atoms with Crippen LogP contribution in [0.3, 0.4) is 0 Å². The van der Waals surface area contributed by atoms with Crippen molar-refractivity contribution >= 4 is 17.5 Å². The van der Waals surface area contributed by atoms with E-state index in [9.17, 15) is 14.7 Å². The van der Waals surface area contributed by atoms with Gasteiger partial charge in [-0.2, -0.15) is 0 Å². The SMILES string of the molecule is CN1C(=O)C(NC(=O)c2ccccn2)COc2ccc(C#CC(C)(C)O)cc21. The molecule has 3 rings (SSSR count). The predicted octanol–water partition coefficient (Wildman–Crippen LogP) is 1.36. The van der Waals surface area contributed by atoms with Crippen LogP contribution in [0.5, 0.6) is 5.75 Å². The second-order valence-electron chi connectivity index (χ2n) is 6.94. The van der Waals surface area contributed by atoms with E-state index in [0.29, 0.717) is 17.0 Å². The van der Waals surface area contributed by atoms with Gasteiger partial charge in [0.05, 0.1) is 5.69 Å². The molecule has 0 fully saturated rings. The van der Waals surface area contributed by atoms with E-state index < -0.39 is 17.6 Å². The lowest BCUT2D eigenvalue weighted by atomic mass is 10.1. The molecule has 7 heteroatoms. The fourth-order valence-corrected chi connectivity index (χ4v) is 2.63. The van der Waals surface area contributed by atoms with E-state index in [1.165, 1.54) is 11.1 Å².